The second kappa shape index (κ2) is 4.65. The zero-order valence-corrected chi connectivity index (χ0v) is 10.4. The third kappa shape index (κ3) is 2.20. The highest BCUT2D eigenvalue weighted by molar-refractivity contribution is 5.82. The molecule has 0 amide bonds. The lowest BCUT2D eigenvalue weighted by Crippen LogP contribution is -2.27. The molecular formula is C15H17NO. The topological polar surface area (TPSA) is 25.2 Å². The summed E-state index contributed by atoms with van der Waals surface area (Å²) in [5, 5.41) is 4.49. The van der Waals surface area contributed by atoms with E-state index < -0.39 is 0 Å². The fourth-order valence-electron chi connectivity index (χ4n) is 2.11. The lowest BCUT2D eigenvalue weighted by Gasteiger charge is -2.14. The summed E-state index contributed by atoms with van der Waals surface area (Å²) in [7, 11) is 0. The van der Waals surface area contributed by atoms with E-state index in [2.05, 4.69) is 31.2 Å². The standard InChI is InChI=1S/C15H17NO/c1-5-10(2)16-12(4)15-11(3)13-8-6-7-9-14(13)17-15/h1,6-10,12,16H,2-4H3. The third-order valence-electron chi connectivity index (χ3n) is 3.02. The molecule has 2 aromatic rings. The highest BCUT2D eigenvalue weighted by Crippen LogP contribution is 2.29. The predicted octanol–water partition coefficient (Wildman–Crippen LogP) is 3.41. The van der Waals surface area contributed by atoms with Crippen LogP contribution in [-0.2, 0) is 0 Å². The Labute approximate surface area is 102 Å². The SMILES string of the molecule is C#CC(C)NC(C)c1oc2ccccc2c1C. The Morgan fingerprint density at radius 2 is 2.00 bits per heavy atom. The summed E-state index contributed by atoms with van der Waals surface area (Å²) < 4.78 is 5.87. The van der Waals surface area contributed by atoms with Crippen molar-refractivity contribution < 1.29 is 4.42 Å². The number of benzene rings is 1. The number of para-hydroxylation sites is 1. The molecule has 0 saturated carbocycles. The fourth-order valence-corrected chi connectivity index (χ4v) is 2.11. The molecule has 0 aliphatic rings. The van der Waals surface area contributed by atoms with Gasteiger partial charge < -0.3 is 4.42 Å². The molecule has 0 saturated heterocycles. The number of hydrogen-bond acceptors (Lipinski definition) is 2. The molecule has 0 aliphatic carbocycles. The highest BCUT2D eigenvalue weighted by atomic mass is 16.3. The first kappa shape index (κ1) is 11.8. The van der Waals surface area contributed by atoms with Crippen LogP contribution in [-0.4, -0.2) is 6.04 Å². The molecular weight excluding hydrogens is 210 g/mol. The Morgan fingerprint density at radius 1 is 1.29 bits per heavy atom. The van der Waals surface area contributed by atoms with E-state index in [1.54, 1.807) is 0 Å². The molecule has 1 heterocycles. The molecule has 1 aromatic heterocycles. The van der Waals surface area contributed by atoms with Gasteiger partial charge in [-0.05, 0) is 32.4 Å². The van der Waals surface area contributed by atoms with Crippen LogP contribution < -0.4 is 5.32 Å². The summed E-state index contributed by atoms with van der Waals surface area (Å²) in [5.41, 5.74) is 2.12. The smallest absolute Gasteiger partial charge is 0.134 e. The van der Waals surface area contributed by atoms with Gasteiger partial charge in [-0.25, -0.2) is 0 Å². The van der Waals surface area contributed by atoms with Gasteiger partial charge in [0.1, 0.15) is 11.3 Å². The Hall–Kier alpha value is -1.72. The average molecular weight is 227 g/mol. The first-order chi connectivity index (χ1) is 8.13. The van der Waals surface area contributed by atoms with Crippen LogP contribution in [0.25, 0.3) is 11.0 Å². The van der Waals surface area contributed by atoms with Gasteiger partial charge in [-0.2, -0.15) is 0 Å². The minimum Gasteiger partial charge on any atom is -0.459 e. The van der Waals surface area contributed by atoms with Crippen molar-refractivity contribution in [2.24, 2.45) is 0 Å². The van der Waals surface area contributed by atoms with E-state index in [0.717, 1.165) is 11.3 Å². The number of furan rings is 1. The quantitative estimate of drug-likeness (QED) is 0.813. The number of rotatable bonds is 3. The largest absolute Gasteiger partial charge is 0.459 e. The molecule has 0 fully saturated rings. The van der Waals surface area contributed by atoms with E-state index in [4.69, 9.17) is 10.8 Å². The van der Waals surface area contributed by atoms with Crippen LogP contribution in [0.5, 0.6) is 0 Å². The number of aryl methyl sites for hydroxylation is 1. The summed E-state index contributed by atoms with van der Waals surface area (Å²) in [4.78, 5) is 0. The predicted molar refractivity (Wildman–Crippen MR) is 70.8 cm³/mol. The van der Waals surface area contributed by atoms with Gasteiger partial charge in [0.05, 0.1) is 12.1 Å². The minimum atomic E-state index is 0.0395. The molecule has 2 atom stereocenters. The lowest BCUT2D eigenvalue weighted by atomic mass is 10.1. The first-order valence-corrected chi connectivity index (χ1v) is 5.83. The van der Waals surface area contributed by atoms with E-state index in [1.807, 2.05) is 25.1 Å². The third-order valence-corrected chi connectivity index (χ3v) is 3.02. The van der Waals surface area contributed by atoms with Crippen molar-refractivity contribution in [2.75, 3.05) is 0 Å². The minimum absolute atomic E-state index is 0.0395. The normalized spacial score (nSPS) is 14.5. The number of terminal acetylenes is 1. The van der Waals surface area contributed by atoms with Crippen LogP contribution in [0, 0.1) is 19.3 Å². The van der Waals surface area contributed by atoms with Crippen LogP contribution in [0.4, 0.5) is 0 Å². The van der Waals surface area contributed by atoms with Crippen LogP contribution in [0.2, 0.25) is 0 Å². The molecule has 2 unspecified atom stereocenters. The fraction of sp³-hybridized carbons (Fsp3) is 0.333. The number of fused-ring (bicyclic) bond motifs is 1. The maximum Gasteiger partial charge on any atom is 0.134 e. The van der Waals surface area contributed by atoms with Gasteiger partial charge in [-0.3, -0.25) is 5.32 Å². The Bertz CT molecular complexity index is 562. The molecule has 0 bridgehead atoms. The molecule has 0 spiro atoms. The van der Waals surface area contributed by atoms with E-state index in [-0.39, 0.29) is 12.1 Å². The molecule has 88 valence electrons. The van der Waals surface area contributed by atoms with Gasteiger partial charge in [0.2, 0.25) is 0 Å². The molecule has 1 N–H and O–H groups in total. The highest BCUT2D eigenvalue weighted by Gasteiger charge is 2.16. The Kier molecular flexibility index (Phi) is 3.21. The second-order valence-corrected chi connectivity index (χ2v) is 4.36. The zero-order chi connectivity index (χ0) is 12.4. The van der Waals surface area contributed by atoms with Crippen molar-refractivity contribution in [3.8, 4) is 12.3 Å². The molecule has 1 aromatic carbocycles. The van der Waals surface area contributed by atoms with Crippen LogP contribution in [0.3, 0.4) is 0 Å². The number of nitrogens with one attached hydrogen (secondary N) is 1. The van der Waals surface area contributed by atoms with Crippen LogP contribution in [0.15, 0.2) is 28.7 Å². The van der Waals surface area contributed by atoms with Gasteiger partial charge in [-0.15, -0.1) is 6.42 Å². The van der Waals surface area contributed by atoms with Crippen molar-refractivity contribution in [3.63, 3.8) is 0 Å². The van der Waals surface area contributed by atoms with E-state index in [0.29, 0.717) is 0 Å². The van der Waals surface area contributed by atoms with Gasteiger partial charge in [0, 0.05) is 5.39 Å². The van der Waals surface area contributed by atoms with E-state index >= 15 is 0 Å². The van der Waals surface area contributed by atoms with Crippen LogP contribution in [0.1, 0.15) is 31.2 Å². The maximum absolute atomic E-state index is 5.87. The van der Waals surface area contributed by atoms with E-state index in [1.165, 1.54) is 10.9 Å². The summed E-state index contributed by atoms with van der Waals surface area (Å²) in [5.74, 6) is 3.63. The Morgan fingerprint density at radius 3 is 2.65 bits per heavy atom. The van der Waals surface area contributed by atoms with Gasteiger partial charge in [-0.1, -0.05) is 24.1 Å². The Balaban J connectivity index is 2.36. The summed E-state index contributed by atoms with van der Waals surface area (Å²) in [6.07, 6.45) is 5.37. The van der Waals surface area contributed by atoms with Crippen LogP contribution >= 0.6 is 0 Å². The van der Waals surface area contributed by atoms with Gasteiger partial charge in [0.25, 0.3) is 0 Å². The van der Waals surface area contributed by atoms with Crippen molar-refractivity contribution >= 4 is 11.0 Å². The van der Waals surface area contributed by atoms with Crippen molar-refractivity contribution in [2.45, 2.75) is 32.9 Å². The molecule has 2 nitrogen and oxygen atoms in total. The summed E-state index contributed by atoms with van der Waals surface area (Å²) >= 11 is 0. The molecule has 2 rings (SSSR count). The number of hydrogen-bond donors (Lipinski definition) is 1. The first-order valence-electron chi connectivity index (χ1n) is 5.83. The monoisotopic (exact) mass is 227 g/mol. The molecule has 2 heteroatoms. The van der Waals surface area contributed by atoms with E-state index in [9.17, 15) is 0 Å². The average Bonchev–Trinajstić information content (AvgIpc) is 2.67. The maximum atomic E-state index is 5.87. The van der Waals surface area contributed by atoms with Gasteiger partial charge in [0.15, 0.2) is 0 Å². The summed E-state index contributed by atoms with van der Waals surface area (Å²) in [6, 6.07) is 8.23. The lowest BCUT2D eigenvalue weighted by molar-refractivity contribution is 0.437. The molecule has 17 heavy (non-hydrogen) atoms. The molecule has 0 aliphatic heterocycles. The van der Waals surface area contributed by atoms with Crippen molar-refractivity contribution in [1.82, 2.24) is 5.32 Å². The zero-order valence-electron chi connectivity index (χ0n) is 10.4. The summed E-state index contributed by atoms with van der Waals surface area (Å²) in [6.45, 7) is 6.12. The molecule has 0 radical (unpaired) electrons. The van der Waals surface area contributed by atoms with Crippen molar-refractivity contribution in [1.29, 1.82) is 0 Å². The van der Waals surface area contributed by atoms with Crippen molar-refractivity contribution in [3.05, 3.63) is 35.6 Å². The second-order valence-electron chi connectivity index (χ2n) is 4.36. The van der Waals surface area contributed by atoms with Gasteiger partial charge >= 0.3 is 0 Å².